The van der Waals surface area contributed by atoms with Crippen LogP contribution in [-0.2, 0) is 14.3 Å². The van der Waals surface area contributed by atoms with E-state index in [0.717, 1.165) is 0 Å². The number of nitrogens with zero attached hydrogens (tertiary/aromatic N) is 3. The Morgan fingerprint density at radius 2 is 2.15 bits per heavy atom. The second-order valence-corrected chi connectivity index (χ2v) is 4.13. The van der Waals surface area contributed by atoms with Gasteiger partial charge in [0.1, 0.15) is 6.20 Å². The molecular weight excluding hydrogens is 270 g/mol. The second kappa shape index (κ2) is 7.22. The van der Waals surface area contributed by atoms with Crippen molar-refractivity contribution in [2.45, 2.75) is 38.8 Å². The number of hydrogen-bond acceptors (Lipinski definition) is 6. The molecule has 0 aliphatic carbocycles. The zero-order chi connectivity index (χ0) is 15.1. The van der Waals surface area contributed by atoms with Crippen molar-refractivity contribution in [3.05, 3.63) is 22.6 Å². The second-order valence-electron chi connectivity index (χ2n) is 4.13. The number of esters is 1. The molecule has 1 atom stereocenters. The van der Waals surface area contributed by atoms with Crippen molar-refractivity contribution in [1.82, 2.24) is 9.55 Å². The third kappa shape index (κ3) is 5.04. The maximum Gasteiger partial charge on any atom is 0.381 e. The molecule has 0 aliphatic heterocycles. The Bertz CT molecular complexity index is 498. The molecule has 1 N–H and O–H groups in total. The fraction of sp³-hybridized carbons (Fsp3) is 0.545. The van der Waals surface area contributed by atoms with Gasteiger partial charge in [-0.2, -0.15) is 0 Å². The normalized spacial score (nSPS) is 11.8. The Hall–Kier alpha value is -2.45. The third-order valence-electron chi connectivity index (χ3n) is 2.52. The minimum atomic E-state index is -0.905. The summed E-state index contributed by atoms with van der Waals surface area (Å²) in [7, 11) is 0. The highest BCUT2D eigenvalue weighted by Gasteiger charge is 2.16. The predicted molar refractivity (Wildman–Crippen MR) is 65.8 cm³/mol. The fourth-order valence-corrected chi connectivity index (χ4v) is 1.47. The van der Waals surface area contributed by atoms with Crippen LogP contribution in [0.1, 0.15) is 38.8 Å². The average molecular weight is 285 g/mol. The van der Waals surface area contributed by atoms with Crippen LogP contribution >= 0.6 is 0 Å². The van der Waals surface area contributed by atoms with Crippen LogP contribution in [0.5, 0.6) is 0 Å². The van der Waals surface area contributed by atoms with Crippen LogP contribution in [0.4, 0.5) is 5.82 Å². The van der Waals surface area contributed by atoms with Crippen molar-refractivity contribution in [2.24, 2.45) is 0 Å². The lowest BCUT2D eigenvalue weighted by molar-refractivity contribution is -0.389. The summed E-state index contributed by atoms with van der Waals surface area (Å²) in [6.07, 6.45) is 2.61. The molecule has 110 valence electrons. The van der Waals surface area contributed by atoms with E-state index in [1.54, 1.807) is 6.92 Å². The van der Waals surface area contributed by atoms with Gasteiger partial charge < -0.3 is 20.0 Å². The third-order valence-corrected chi connectivity index (χ3v) is 2.52. The van der Waals surface area contributed by atoms with Gasteiger partial charge >= 0.3 is 17.8 Å². The number of carbonyl (C=O) groups is 2. The number of carboxylic acid groups (broad SMARTS) is 1. The van der Waals surface area contributed by atoms with Gasteiger partial charge in [0.2, 0.25) is 6.33 Å². The maximum absolute atomic E-state index is 11.5. The lowest BCUT2D eigenvalue weighted by atomic mass is 10.2. The van der Waals surface area contributed by atoms with E-state index in [2.05, 4.69) is 4.98 Å². The highest BCUT2D eigenvalue weighted by Crippen LogP contribution is 2.14. The minimum Gasteiger partial charge on any atom is -0.481 e. The number of rotatable bonds is 8. The molecule has 1 aromatic heterocycles. The topological polar surface area (TPSA) is 125 Å². The van der Waals surface area contributed by atoms with E-state index >= 15 is 0 Å². The SMILES string of the molecule is CC(OC(=O)CCCCC(=O)O)n1cnc([N+](=O)[O-])c1. The Labute approximate surface area is 114 Å². The zero-order valence-corrected chi connectivity index (χ0v) is 10.9. The van der Waals surface area contributed by atoms with Gasteiger partial charge in [0.05, 0.1) is 0 Å². The Morgan fingerprint density at radius 3 is 2.70 bits per heavy atom. The highest BCUT2D eigenvalue weighted by atomic mass is 16.6. The standard InChI is InChI=1S/C11H15N3O6/c1-8(13-6-9(12-7-13)14(18)19)20-11(17)5-3-2-4-10(15)16/h6-8H,2-5H2,1H3,(H,15,16). The number of aromatic nitrogens is 2. The van der Waals surface area contributed by atoms with Gasteiger partial charge in [-0.25, -0.2) is 0 Å². The molecular formula is C11H15N3O6. The predicted octanol–water partition coefficient (Wildman–Crippen LogP) is 1.50. The van der Waals surface area contributed by atoms with Crippen molar-refractivity contribution >= 4 is 17.8 Å². The summed E-state index contributed by atoms with van der Waals surface area (Å²) >= 11 is 0. The van der Waals surface area contributed by atoms with Crippen molar-refractivity contribution in [3.63, 3.8) is 0 Å². The van der Waals surface area contributed by atoms with Gasteiger partial charge in [-0.15, -0.1) is 0 Å². The molecule has 0 saturated heterocycles. The molecule has 0 radical (unpaired) electrons. The molecule has 0 spiro atoms. The van der Waals surface area contributed by atoms with Gasteiger partial charge in [0.25, 0.3) is 0 Å². The molecule has 1 rings (SSSR count). The van der Waals surface area contributed by atoms with Crippen molar-refractivity contribution in [3.8, 4) is 0 Å². The van der Waals surface area contributed by atoms with E-state index in [4.69, 9.17) is 9.84 Å². The van der Waals surface area contributed by atoms with E-state index in [1.807, 2.05) is 0 Å². The monoisotopic (exact) mass is 285 g/mol. The smallest absolute Gasteiger partial charge is 0.381 e. The highest BCUT2D eigenvalue weighted by molar-refractivity contribution is 5.69. The molecule has 0 amide bonds. The number of imidazole rings is 1. The number of aliphatic carboxylic acids is 1. The van der Waals surface area contributed by atoms with Crippen LogP contribution in [0, 0.1) is 10.1 Å². The zero-order valence-electron chi connectivity index (χ0n) is 10.9. The quantitative estimate of drug-likeness (QED) is 0.332. The Kier molecular flexibility index (Phi) is 5.63. The van der Waals surface area contributed by atoms with E-state index in [9.17, 15) is 19.7 Å². The molecule has 0 saturated carbocycles. The average Bonchev–Trinajstić information content (AvgIpc) is 2.84. The summed E-state index contributed by atoms with van der Waals surface area (Å²) in [5.74, 6) is -1.72. The lowest BCUT2D eigenvalue weighted by Gasteiger charge is -2.12. The number of hydrogen-bond donors (Lipinski definition) is 1. The molecule has 1 heterocycles. The Balaban J connectivity index is 2.36. The van der Waals surface area contributed by atoms with Crippen LogP contribution in [0.3, 0.4) is 0 Å². The molecule has 1 aromatic rings. The molecule has 1 unspecified atom stereocenters. The largest absolute Gasteiger partial charge is 0.481 e. The number of unbranched alkanes of at least 4 members (excludes halogenated alkanes) is 1. The van der Waals surface area contributed by atoms with Crippen LogP contribution in [-0.4, -0.2) is 31.5 Å². The first-order chi connectivity index (χ1) is 9.40. The number of ether oxygens (including phenoxy) is 1. The van der Waals surface area contributed by atoms with Gasteiger partial charge in [-0.1, -0.05) is 0 Å². The maximum atomic E-state index is 11.5. The molecule has 0 fully saturated rings. The van der Waals surface area contributed by atoms with Gasteiger partial charge in [-0.3, -0.25) is 14.2 Å². The van der Waals surface area contributed by atoms with Gasteiger partial charge in [0, 0.05) is 12.8 Å². The van der Waals surface area contributed by atoms with Crippen LogP contribution in [0.15, 0.2) is 12.5 Å². The summed E-state index contributed by atoms with van der Waals surface area (Å²) in [5.41, 5.74) is 0. The van der Waals surface area contributed by atoms with E-state index in [-0.39, 0.29) is 18.7 Å². The number of carboxylic acids is 1. The lowest BCUT2D eigenvalue weighted by Crippen LogP contribution is -2.13. The Morgan fingerprint density at radius 1 is 1.50 bits per heavy atom. The number of nitro groups is 1. The van der Waals surface area contributed by atoms with E-state index < -0.39 is 23.1 Å². The molecule has 0 aromatic carbocycles. The molecule has 20 heavy (non-hydrogen) atoms. The minimum absolute atomic E-state index is 0.0105. The van der Waals surface area contributed by atoms with E-state index in [0.29, 0.717) is 12.8 Å². The van der Waals surface area contributed by atoms with Gasteiger partial charge in [-0.05, 0) is 29.7 Å². The molecule has 9 heteroatoms. The summed E-state index contributed by atoms with van der Waals surface area (Å²) in [6, 6.07) is 0. The summed E-state index contributed by atoms with van der Waals surface area (Å²) in [5, 5.41) is 18.9. The van der Waals surface area contributed by atoms with Crippen molar-refractivity contribution < 1.29 is 24.4 Å². The first kappa shape index (κ1) is 15.6. The summed E-state index contributed by atoms with van der Waals surface area (Å²) in [6.45, 7) is 1.56. The van der Waals surface area contributed by atoms with Gasteiger partial charge in [0.15, 0.2) is 6.23 Å². The summed E-state index contributed by atoms with van der Waals surface area (Å²) < 4.78 is 6.36. The molecule has 0 aliphatic rings. The first-order valence-electron chi connectivity index (χ1n) is 5.99. The van der Waals surface area contributed by atoms with Crippen LogP contribution in [0.25, 0.3) is 0 Å². The van der Waals surface area contributed by atoms with E-state index in [1.165, 1.54) is 17.1 Å². The molecule has 0 bridgehead atoms. The number of carbonyl (C=O) groups excluding carboxylic acids is 1. The van der Waals surface area contributed by atoms with Crippen molar-refractivity contribution in [1.29, 1.82) is 0 Å². The van der Waals surface area contributed by atoms with Crippen LogP contribution < -0.4 is 0 Å². The molecule has 9 nitrogen and oxygen atoms in total. The first-order valence-corrected chi connectivity index (χ1v) is 5.99. The fourth-order valence-electron chi connectivity index (χ4n) is 1.47. The van der Waals surface area contributed by atoms with Crippen molar-refractivity contribution in [2.75, 3.05) is 0 Å². The van der Waals surface area contributed by atoms with Crippen LogP contribution in [0.2, 0.25) is 0 Å². The summed E-state index contributed by atoms with van der Waals surface area (Å²) in [4.78, 5) is 35.1.